The molecule has 5 heteroatoms. The van der Waals surface area contributed by atoms with Crippen molar-refractivity contribution in [2.75, 3.05) is 0 Å². The zero-order chi connectivity index (χ0) is 16.2. The summed E-state index contributed by atoms with van der Waals surface area (Å²) in [7, 11) is 0. The van der Waals surface area contributed by atoms with Crippen molar-refractivity contribution < 1.29 is 9.18 Å². The fourth-order valence-corrected chi connectivity index (χ4v) is 2.59. The number of hydrogen-bond acceptors (Lipinski definition) is 2. The second-order valence-electron chi connectivity index (χ2n) is 5.74. The minimum absolute atomic E-state index is 0.0915. The standard InChI is InChI=1S/C18H18ClFN2O/c19-16-4-2-1-3-13(16)11-21-17(18(23)22-15-9-10-15)12-5-7-14(20)8-6-12/h1-8,15,17,21H,9-11H2,(H,22,23). The Balaban J connectivity index is 1.75. The van der Waals surface area contributed by atoms with E-state index in [0.717, 1.165) is 24.0 Å². The van der Waals surface area contributed by atoms with Crippen molar-refractivity contribution in [3.05, 3.63) is 70.5 Å². The third kappa shape index (κ3) is 4.30. The smallest absolute Gasteiger partial charge is 0.241 e. The number of halogens is 2. The maximum atomic E-state index is 13.1. The van der Waals surface area contributed by atoms with Gasteiger partial charge in [-0.15, -0.1) is 0 Å². The van der Waals surface area contributed by atoms with Gasteiger partial charge in [0.1, 0.15) is 11.9 Å². The zero-order valence-electron chi connectivity index (χ0n) is 12.6. The first-order valence-electron chi connectivity index (χ1n) is 7.66. The summed E-state index contributed by atoms with van der Waals surface area (Å²) in [6.45, 7) is 0.458. The Morgan fingerprint density at radius 2 is 1.87 bits per heavy atom. The van der Waals surface area contributed by atoms with Crippen molar-refractivity contribution in [2.24, 2.45) is 0 Å². The summed E-state index contributed by atoms with van der Waals surface area (Å²) in [5.74, 6) is -0.410. The second kappa shape index (κ2) is 7.11. The van der Waals surface area contributed by atoms with Gasteiger partial charge in [-0.2, -0.15) is 0 Å². The van der Waals surface area contributed by atoms with Gasteiger partial charge in [-0.25, -0.2) is 4.39 Å². The van der Waals surface area contributed by atoms with E-state index in [9.17, 15) is 9.18 Å². The van der Waals surface area contributed by atoms with Crippen LogP contribution < -0.4 is 10.6 Å². The number of carbonyl (C=O) groups is 1. The van der Waals surface area contributed by atoms with Crippen molar-refractivity contribution in [2.45, 2.75) is 31.5 Å². The molecule has 2 aromatic carbocycles. The van der Waals surface area contributed by atoms with Crippen molar-refractivity contribution in [3.8, 4) is 0 Å². The topological polar surface area (TPSA) is 41.1 Å². The normalized spacial score (nSPS) is 15.2. The molecule has 0 aromatic heterocycles. The molecule has 0 radical (unpaired) electrons. The highest BCUT2D eigenvalue weighted by molar-refractivity contribution is 6.31. The van der Waals surface area contributed by atoms with Crippen LogP contribution in [0.3, 0.4) is 0 Å². The van der Waals surface area contributed by atoms with Crippen LogP contribution in [0.1, 0.15) is 30.0 Å². The summed E-state index contributed by atoms with van der Waals surface area (Å²) in [4.78, 5) is 12.5. The van der Waals surface area contributed by atoms with Gasteiger partial charge in [0.2, 0.25) is 5.91 Å². The van der Waals surface area contributed by atoms with E-state index in [4.69, 9.17) is 11.6 Å². The highest BCUT2D eigenvalue weighted by atomic mass is 35.5. The molecule has 23 heavy (non-hydrogen) atoms. The molecule has 0 aliphatic heterocycles. The lowest BCUT2D eigenvalue weighted by Gasteiger charge is -2.19. The number of nitrogens with one attached hydrogen (secondary N) is 2. The van der Waals surface area contributed by atoms with Gasteiger partial charge >= 0.3 is 0 Å². The molecule has 0 heterocycles. The van der Waals surface area contributed by atoms with E-state index >= 15 is 0 Å². The largest absolute Gasteiger partial charge is 0.352 e. The van der Waals surface area contributed by atoms with Gasteiger partial charge in [-0.3, -0.25) is 10.1 Å². The number of benzene rings is 2. The molecule has 3 rings (SSSR count). The predicted molar refractivity (Wildman–Crippen MR) is 88.6 cm³/mol. The lowest BCUT2D eigenvalue weighted by Crippen LogP contribution is -2.38. The van der Waals surface area contributed by atoms with Crippen molar-refractivity contribution in [1.82, 2.24) is 10.6 Å². The average molecular weight is 333 g/mol. The first-order chi connectivity index (χ1) is 11.1. The minimum Gasteiger partial charge on any atom is -0.352 e. The molecule has 1 aliphatic carbocycles. The van der Waals surface area contributed by atoms with Crippen molar-refractivity contribution >= 4 is 17.5 Å². The lowest BCUT2D eigenvalue weighted by atomic mass is 10.1. The summed E-state index contributed by atoms with van der Waals surface area (Å²) < 4.78 is 13.1. The first kappa shape index (κ1) is 16.0. The predicted octanol–water partition coefficient (Wildman–Crippen LogP) is 3.59. The van der Waals surface area contributed by atoms with Crippen LogP contribution in [0.5, 0.6) is 0 Å². The number of amides is 1. The molecule has 1 aliphatic rings. The fourth-order valence-electron chi connectivity index (χ4n) is 2.38. The van der Waals surface area contributed by atoms with Crippen LogP contribution in [-0.2, 0) is 11.3 Å². The van der Waals surface area contributed by atoms with Gasteiger partial charge in [-0.05, 0) is 42.2 Å². The van der Waals surface area contributed by atoms with Crippen molar-refractivity contribution in [3.63, 3.8) is 0 Å². The quantitative estimate of drug-likeness (QED) is 0.848. The van der Waals surface area contributed by atoms with Gasteiger partial charge in [-0.1, -0.05) is 41.9 Å². The maximum absolute atomic E-state index is 13.1. The molecule has 0 saturated heterocycles. The molecule has 120 valence electrons. The summed E-state index contributed by atoms with van der Waals surface area (Å²) in [6.07, 6.45) is 2.04. The lowest BCUT2D eigenvalue weighted by molar-refractivity contribution is -0.123. The Hall–Kier alpha value is -1.91. The average Bonchev–Trinajstić information content (AvgIpc) is 3.35. The highest BCUT2D eigenvalue weighted by Crippen LogP contribution is 2.22. The van der Waals surface area contributed by atoms with Gasteiger partial charge < -0.3 is 5.32 Å². The molecule has 2 aromatic rings. The molecule has 1 fully saturated rings. The third-order valence-electron chi connectivity index (χ3n) is 3.84. The summed E-state index contributed by atoms with van der Waals surface area (Å²) in [5.41, 5.74) is 1.65. The van der Waals surface area contributed by atoms with Crippen LogP contribution in [0.4, 0.5) is 4.39 Å². The van der Waals surface area contributed by atoms with E-state index in [1.165, 1.54) is 12.1 Å². The van der Waals surface area contributed by atoms with Crippen LogP contribution >= 0.6 is 11.6 Å². The summed E-state index contributed by atoms with van der Waals surface area (Å²) >= 11 is 6.16. The summed E-state index contributed by atoms with van der Waals surface area (Å²) in [6, 6.07) is 13.2. The van der Waals surface area contributed by atoms with E-state index in [1.807, 2.05) is 24.3 Å². The molecule has 3 nitrogen and oxygen atoms in total. The van der Waals surface area contributed by atoms with E-state index in [2.05, 4.69) is 10.6 Å². The molecule has 0 spiro atoms. The SMILES string of the molecule is O=C(NC1CC1)C(NCc1ccccc1Cl)c1ccc(F)cc1. The van der Waals surface area contributed by atoms with E-state index in [1.54, 1.807) is 12.1 Å². The van der Waals surface area contributed by atoms with Crippen LogP contribution in [-0.4, -0.2) is 11.9 Å². The third-order valence-corrected chi connectivity index (χ3v) is 4.21. The minimum atomic E-state index is -0.535. The Morgan fingerprint density at radius 3 is 2.52 bits per heavy atom. The molecular formula is C18H18ClFN2O. The van der Waals surface area contributed by atoms with Gasteiger partial charge in [0.05, 0.1) is 0 Å². The fraction of sp³-hybridized carbons (Fsp3) is 0.278. The highest BCUT2D eigenvalue weighted by Gasteiger charge is 2.28. The molecule has 0 bridgehead atoms. The maximum Gasteiger partial charge on any atom is 0.241 e. The van der Waals surface area contributed by atoms with Crippen LogP contribution in [0, 0.1) is 5.82 Å². The molecule has 1 unspecified atom stereocenters. The zero-order valence-corrected chi connectivity index (χ0v) is 13.3. The van der Waals surface area contributed by atoms with Gasteiger partial charge in [0.25, 0.3) is 0 Å². The number of rotatable bonds is 6. The molecule has 1 atom stereocenters. The van der Waals surface area contributed by atoms with Crippen LogP contribution in [0.2, 0.25) is 5.02 Å². The molecule has 2 N–H and O–H groups in total. The van der Waals surface area contributed by atoms with E-state index in [-0.39, 0.29) is 17.8 Å². The Labute approximate surface area is 139 Å². The Kier molecular flexibility index (Phi) is 4.94. The van der Waals surface area contributed by atoms with Crippen LogP contribution in [0.25, 0.3) is 0 Å². The van der Waals surface area contributed by atoms with Crippen molar-refractivity contribution in [1.29, 1.82) is 0 Å². The van der Waals surface area contributed by atoms with E-state index in [0.29, 0.717) is 11.6 Å². The van der Waals surface area contributed by atoms with Gasteiger partial charge in [0, 0.05) is 17.6 Å². The molecular weight excluding hydrogens is 315 g/mol. The number of hydrogen-bond donors (Lipinski definition) is 2. The van der Waals surface area contributed by atoms with E-state index < -0.39 is 6.04 Å². The van der Waals surface area contributed by atoms with Gasteiger partial charge in [0.15, 0.2) is 0 Å². The molecule has 1 amide bonds. The summed E-state index contributed by atoms with van der Waals surface area (Å²) in [5, 5.41) is 6.87. The number of carbonyl (C=O) groups excluding carboxylic acids is 1. The van der Waals surface area contributed by atoms with Crippen LogP contribution in [0.15, 0.2) is 48.5 Å². The Morgan fingerprint density at radius 1 is 1.17 bits per heavy atom. The molecule has 1 saturated carbocycles. The monoisotopic (exact) mass is 332 g/mol. The Bertz CT molecular complexity index is 686. The second-order valence-corrected chi connectivity index (χ2v) is 6.15. The first-order valence-corrected chi connectivity index (χ1v) is 8.04.